The van der Waals surface area contributed by atoms with E-state index < -0.39 is 12.1 Å². The summed E-state index contributed by atoms with van der Waals surface area (Å²) in [6.45, 7) is 1.82. The van der Waals surface area contributed by atoms with Gasteiger partial charge in [0.2, 0.25) is 0 Å². The number of carboxylic acid groups (broad SMARTS) is 1. The first-order valence-electron chi connectivity index (χ1n) is 7.40. The summed E-state index contributed by atoms with van der Waals surface area (Å²) in [7, 11) is 3.14. The molecule has 1 aromatic carbocycles. The summed E-state index contributed by atoms with van der Waals surface area (Å²) in [6.07, 6.45) is 0.542. The zero-order valence-electron chi connectivity index (χ0n) is 13.0. The van der Waals surface area contributed by atoms with E-state index >= 15 is 0 Å². The fourth-order valence-electron chi connectivity index (χ4n) is 2.81. The Kier molecular flexibility index (Phi) is 5.63. The highest BCUT2D eigenvalue weighted by Gasteiger charge is 2.26. The van der Waals surface area contributed by atoms with Gasteiger partial charge in [0.1, 0.15) is 11.5 Å². The van der Waals surface area contributed by atoms with Gasteiger partial charge < -0.3 is 24.6 Å². The third-order valence-electron chi connectivity index (χ3n) is 4.16. The largest absolute Gasteiger partial charge is 0.497 e. The summed E-state index contributed by atoms with van der Waals surface area (Å²) in [5, 5.41) is 19.5. The molecule has 0 aromatic heterocycles. The predicted molar refractivity (Wildman–Crippen MR) is 81.3 cm³/mol. The van der Waals surface area contributed by atoms with E-state index in [0.29, 0.717) is 49.5 Å². The molecule has 1 aliphatic rings. The van der Waals surface area contributed by atoms with E-state index in [1.807, 2.05) is 0 Å². The number of rotatable bonds is 6. The normalized spacial score (nSPS) is 18.0. The van der Waals surface area contributed by atoms with Gasteiger partial charge in [-0.25, -0.2) is 0 Å². The van der Waals surface area contributed by atoms with Gasteiger partial charge >= 0.3 is 5.97 Å². The second kappa shape index (κ2) is 7.47. The summed E-state index contributed by atoms with van der Waals surface area (Å²) < 4.78 is 10.5. The van der Waals surface area contributed by atoms with Gasteiger partial charge in [0.05, 0.1) is 26.2 Å². The number of hydrogen-bond acceptors (Lipinski definition) is 5. The first-order valence-corrected chi connectivity index (χ1v) is 7.40. The second-order valence-corrected chi connectivity index (χ2v) is 5.54. The minimum atomic E-state index is -0.727. The van der Waals surface area contributed by atoms with Crippen molar-refractivity contribution in [3.63, 3.8) is 0 Å². The smallest absolute Gasteiger partial charge is 0.306 e. The molecule has 122 valence electrons. The molecular weight excluding hydrogens is 286 g/mol. The molecule has 6 heteroatoms. The molecule has 1 aromatic rings. The van der Waals surface area contributed by atoms with Crippen LogP contribution in [0.15, 0.2) is 18.2 Å². The highest BCUT2D eigenvalue weighted by Crippen LogP contribution is 2.30. The topological polar surface area (TPSA) is 79.2 Å². The molecule has 22 heavy (non-hydrogen) atoms. The predicted octanol–water partition coefficient (Wildman–Crippen LogP) is 1.53. The molecule has 2 N–H and O–H groups in total. The third-order valence-corrected chi connectivity index (χ3v) is 4.16. The number of methoxy groups -OCH3 is 2. The third kappa shape index (κ3) is 3.90. The van der Waals surface area contributed by atoms with Crippen LogP contribution in [0.3, 0.4) is 0 Å². The molecule has 1 aliphatic heterocycles. The van der Waals surface area contributed by atoms with Crippen molar-refractivity contribution in [3.05, 3.63) is 23.8 Å². The van der Waals surface area contributed by atoms with Crippen LogP contribution in [-0.2, 0) is 4.79 Å². The van der Waals surface area contributed by atoms with E-state index in [-0.39, 0.29) is 5.92 Å². The fraction of sp³-hybridized carbons (Fsp3) is 0.562. The van der Waals surface area contributed by atoms with Crippen LogP contribution in [0.2, 0.25) is 0 Å². The molecule has 1 heterocycles. The van der Waals surface area contributed by atoms with Gasteiger partial charge in [0.15, 0.2) is 0 Å². The van der Waals surface area contributed by atoms with Crippen molar-refractivity contribution >= 4 is 5.97 Å². The van der Waals surface area contributed by atoms with Crippen LogP contribution in [-0.4, -0.2) is 54.9 Å². The molecule has 0 amide bonds. The Bertz CT molecular complexity index is 511. The number of carbonyl (C=O) groups is 1. The zero-order valence-corrected chi connectivity index (χ0v) is 13.0. The van der Waals surface area contributed by atoms with Crippen LogP contribution >= 0.6 is 0 Å². The maximum absolute atomic E-state index is 11.0. The molecule has 0 spiro atoms. The SMILES string of the molecule is COc1ccc(OC)c(C(O)CN2CCC(C(=O)O)CC2)c1. The number of aliphatic hydroxyl groups excluding tert-OH is 1. The van der Waals surface area contributed by atoms with E-state index in [2.05, 4.69) is 4.90 Å². The molecule has 2 rings (SSSR count). The molecule has 0 aliphatic carbocycles. The number of likely N-dealkylation sites (tertiary alicyclic amines) is 1. The molecule has 0 saturated carbocycles. The monoisotopic (exact) mass is 309 g/mol. The van der Waals surface area contributed by atoms with E-state index in [0.717, 1.165) is 0 Å². The zero-order chi connectivity index (χ0) is 16.1. The lowest BCUT2D eigenvalue weighted by atomic mass is 9.96. The summed E-state index contributed by atoms with van der Waals surface area (Å²) in [5.41, 5.74) is 0.683. The number of benzene rings is 1. The molecule has 0 radical (unpaired) electrons. The van der Waals surface area contributed by atoms with E-state index in [1.165, 1.54) is 0 Å². The average Bonchev–Trinajstić information content (AvgIpc) is 2.54. The molecular formula is C16H23NO5. The van der Waals surface area contributed by atoms with Gasteiger partial charge in [-0.2, -0.15) is 0 Å². The van der Waals surface area contributed by atoms with Crippen molar-refractivity contribution in [2.45, 2.75) is 18.9 Å². The Labute approximate surface area is 130 Å². The molecule has 6 nitrogen and oxygen atoms in total. The number of aliphatic hydroxyl groups is 1. The Morgan fingerprint density at radius 1 is 1.32 bits per heavy atom. The lowest BCUT2D eigenvalue weighted by Gasteiger charge is -2.31. The number of hydrogen-bond donors (Lipinski definition) is 2. The average molecular weight is 309 g/mol. The Morgan fingerprint density at radius 3 is 2.55 bits per heavy atom. The van der Waals surface area contributed by atoms with Crippen molar-refractivity contribution < 1.29 is 24.5 Å². The maximum Gasteiger partial charge on any atom is 0.306 e. The number of nitrogens with zero attached hydrogens (tertiary/aromatic N) is 1. The molecule has 1 fully saturated rings. The Morgan fingerprint density at radius 2 is 2.00 bits per heavy atom. The Hall–Kier alpha value is -1.79. The van der Waals surface area contributed by atoms with Crippen LogP contribution in [0.4, 0.5) is 0 Å². The number of ether oxygens (including phenoxy) is 2. The van der Waals surface area contributed by atoms with Gasteiger partial charge in [-0.1, -0.05) is 0 Å². The second-order valence-electron chi connectivity index (χ2n) is 5.54. The highest BCUT2D eigenvalue weighted by atomic mass is 16.5. The molecule has 1 saturated heterocycles. The van der Waals surface area contributed by atoms with E-state index in [9.17, 15) is 9.90 Å². The standard InChI is InChI=1S/C16H23NO5/c1-21-12-3-4-15(22-2)13(9-12)14(18)10-17-7-5-11(6-8-17)16(19)20/h3-4,9,11,14,18H,5-8,10H2,1-2H3,(H,19,20). The van der Waals surface area contributed by atoms with Gasteiger partial charge in [-0.05, 0) is 44.1 Å². The van der Waals surface area contributed by atoms with E-state index in [1.54, 1.807) is 32.4 Å². The lowest BCUT2D eigenvalue weighted by Crippen LogP contribution is -2.38. The van der Waals surface area contributed by atoms with Crippen LogP contribution < -0.4 is 9.47 Å². The summed E-state index contributed by atoms with van der Waals surface area (Å²) >= 11 is 0. The van der Waals surface area contributed by atoms with Crippen molar-refractivity contribution in [1.29, 1.82) is 0 Å². The van der Waals surface area contributed by atoms with Crippen LogP contribution in [0.25, 0.3) is 0 Å². The highest BCUT2D eigenvalue weighted by molar-refractivity contribution is 5.70. The lowest BCUT2D eigenvalue weighted by molar-refractivity contribution is -0.143. The van der Waals surface area contributed by atoms with Crippen molar-refractivity contribution in [2.24, 2.45) is 5.92 Å². The number of aliphatic carboxylic acids is 1. The van der Waals surface area contributed by atoms with Crippen molar-refractivity contribution in [2.75, 3.05) is 33.9 Å². The minimum Gasteiger partial charge on any atom is -0.497 e. The quantitative estimate of drug-likeness (QED) is 0.830. The van der Waals surface area contributed by atoms with Gasteiger partial charge in [-0.3, -0.25) is 4.79 Å². The maximum atomic E-state index is 11.0. The van der Waals surface area contributed by atoms with Gasteiger partial charge in [0.25, 0.3) is 0 Å². The van der Waals surface area contributed by atoms with Gasteiger partial charge in [-0.15, -0.1) is 0 Å². The molecule has 1 atom stereocenters. The molecule has 1 unspecified atom stereocenters. The van der Waals surface area contributed by atoms with Crippen LogP contribution in [0.1, 0.15) is 24.5 Å². The summed E-state index contributed by atoms with van der Waals surface area (Å²) in [4.78, 5) is 13.0. The van der Waals surface area contributed by atoms with E-state index in [4.69, 9.17) is 14.6 Å². The van der Waals surface area contributed by atoms with Crippen LogP contribution in [0, 0.1) is 5.92 Å². The number of carboxylic acids is 1. The molecule has 0 bridgehead atoms. The summed E-state index contributed by atoms with van der Waals surface area (Å²) in [5.74, 6) is 0.294. The van der Waals surface area contributed by atoms with Crippen LogP contribution in [0.5, 0.6) is 11.5 Å². The number of β-amino-alcohol motifs (C(OH)–C–C–N with tert-alkyl or cyclic N) is 1. The van der Waals surface area contributed by atoms with Crippen molar-refractivity contribution in [1.82, 2.24) is 4.90 Å². The first-order chi connectivity index (χ1) is 10.5. The first kappa shape index (κ1) is 16.6. The summed E-state index contributed by atoms with van der Waals surface area (Å²) in [6, 6.07) is 5.33. The van der Waals surface area contributed by atoms with Gasteiger partial charge in [0, 0.05) is 12.1 Å². The fourth-order valence-corrected chi connectivity index (χ4v) is 2.81. The minimum absolute atomic E-state index is 0.264. The van der Waals surface area contributed by atoms with Crippen molar-refractivity contribution in [3.8, 4) is 11.5 Å². The Balaban J connectivity index is 2.00. The number of piperidine rings is 1.